The highest BCUT2D eigenvalue weighted by Gasteiger charge is 2.24. The zero-order chi connectivity index (χ0) is 30.5. The molecule has 41 heavy (non-hydrogen) atoms. The Balaban J connectivity index is 0.000000646. The molecule has 0 spiro atoms. The predicted molar refractivity (Wildman–Crippen MR) is 167 cm³/mol. The molecule has 1 aromatic heterocycles. The van der Waals surface area contributed by atoms with E-state index < -0.39 is 23.9 Å². The Hall–Kier alpha value is -3.74. The number of amides is 2. The molecular weight excluding hydrogens is 520 g/mol. The van der Waals surface area contributed by atoms with Crippen molar-refractivity contribution in [3.8, 4) is 0 Å². The Morgan fingerprint density at radius 3 is 2.39 bits per heavy atom. The molecule has 0 saturated carbocycles. The second-order valence-corrected chi connectivity index (χ2v) is 9.32. The van der Waals surface area contributed by atoms with Gasteiger partial charge in [-0.1, -0.05) is 49.6 Å². The number of aldehydes is 1. The lowest BCUT2D eigenvalue weighted by Gasteiger charge is -2.20. The van der Waals surface area contributed by atoms with Gasteiger partial charge in [-0.3, -0.25) is 14.6 Å². The molecule has 0 aliphatic carbocycles. The number of carbonyl (C=O) groups is 3. The number of hydrogen-bond acceptors (Lipinski definition) is 9. The summed E-state index contributed by atoms with van der Waals surface area (Å²) < 4.78 is 0. The molecule has 0 aliphatic rings. The van der Waals surface area contributed by atoms with Gasteiger partial charge in [0.1, 0.15) is 12.3 Å². The number of benzene rings is 1. The number of pyridine rings is 1. The topological polar surface area (TPSA) is 181 Å². The maximum atomic E-state index is 12.9. The van der Waals surface area contributed by atoms with Gasteiger partial charge in [-0.25, -0.2) is 0 Å². The first kappa shape index (κ1) is 35.3. The second-order valence-electron chi connectivity index (χ2n) is 9.32. The maximum Gasteiger partial charge on any atom is 0.247 e. The number of aromatic nitrogens is 1. The fraction of sp³-hybridized carbons (Fsp3) is 0.400. The highest BCUT2D eigenvalue weighted by Crippen LogP contribution is 2.16. The summed E-state index contributed by atoms with van der Waals surface area (Å²) in [6.07, 6.45) is 6.12. The van der Waals surface area contributed by atoms with Crippen LogP contribution in [0.25, 0.3) is 12.2 Å². The first-order valence-corrected chi connectivity index (χ1v) is 13.7. The summed E-state index contributed by atoms with van der Waals surface area (Å²) in [4.78, 5) is 42.3. The minimum absolute atomic E-state index is 0.117. The molecule has 9 N–H and O–H groups in total. The largest absolute Gasteiger partial charge is 0.343 e. The molecule has 0 radical (unpaired) electrons. The zero-order valence-corrected chi connectivity index (χ0v) is 24.1. The standard InChI is InChI=1S/C23H26N4O3.C7H20N4/c1-3-17-14-18(15-25-20(17)4-2)26-23(30)21(27-22(29)19(24)12-13-28)11-10-16-8-6-5-7-9-16;1-11(6-3-9)7-5-10-4-2-8/h3-9,13-15,19,21H,1-2,10-12,24H2,(H,26,30)(H,27,29);10H,2-9H2,1H3. The average molecular weight is 567 g/mol. The third-order valence-electron chi connectivity index (χ3n) is 6.02. The van der Waals surface area contributed by atoms with Crippen LogP contribution in [-0.2, 0) is 20.8 Å². The van der Waals surface area contributed by atoms with E-state index in [9.17, 15) is 14.4 Å². The van der Waals surface area contributed by atoms with Crippen molar-refractivity contribution < 1.29 is 14.4 Å². The predicted octanol–water partition coefficient (Wildman–Crippen LogP) is 0.765. The van der Waals surface area contributed by atoms with Crippen LogP contribution >= 0.6 is 0 Å². The molecule has 0 bridgehead atoms. The summed E-state index contributed by atoms with van der Waals surface area (Å²) in [5, 5.41) is 8.64. The third-order valence-corrected chi connectivity index (χ3v) is 6.02. The molecule has 2 amide bonds. The fourth-order valence-electron chi connectivity index (χ4n) is 3.67. The van der Waals surface area contributed by atoms with Crippen molar-refractivity contribution in [3.63, 3.8) is 0 Å². The van der Waals surface area contributed by atoms with Crippen LogP contribution in [0, 0.1) is 0 Å². The summed E-state index contributed by atoms with van der Waals surface area (Å²) in [6.45, 7) is 12.8. The maximum absolute atomic E-state index is 12.9. The van der Waals surface area contributed by atoms with Crippen LogP contribution in [-0.4, -0.2) is 86.4 Å². The van der Waals surface area contributed by atoms with Crippen molar-refractivity contribution in [1.82, 2.24) is 20.5 Å². The quantitative estimate of drug-likeness (QED) is 0.112. The molecule has 11 nitrogen and oxygen atoms in total. The van der Waals surface area contributed by atoms with E-state index in [1.165, 1.54) is 6.20 Å². The molecule has 1 aromatic carbocycles. The van der Waals surface area contributed by atoms with Crippen molar-refractivity contribution in [2.75, 3.05) is 51.6 Å². The van der Waals surface area contributed by atoms with Crippen molar-refractivity contribution in [2.24, 2.45) is 17.2 Å². The first-order chi connectivity index (χ1) is 19.8. The van der Waals surface area contributed by atoms with Gasteiger partial charge in [-0.15, -0.1) is 0 Å². The molecule has 224 valence electrons. The lowest BCUT2D eigenvalue weighted by Crippen LogP contribution is -2.50. The van der Waals surface area contributed by atoms with E-state index >= 15 is 0 Å². The zero-order valence-electron chi connectivity index (χ0n) is 24.1. The SMILES string of the molecule is C=Cc1cc(NC(=O)C(CCc2ccccc2)NC(=O)C(N)CC=O)cnc1C=C.CN(CCN)CCNCCN. The number of nitrogens with zero attached hydrogens (tertiary/aromatic N) is 2. The molecule has 0 aliphatic heterocycles. The second kappa shape index (κ2) is 21.1. The van der Waals surface area contributed by atoms with Crippen molar-refractivity contribution in [2.45, 2.75) is 31.3 Å². The summed E-state index contributed by atoms with van der Waals surface area (Å²) in [5.74, 6) is -0.956. The number of anilines is 1. The number of likely N-dealkylation sites (N-methyl/N-ethyl adjacent to an activating group) is 1. The van der Waals surface area contributed by atoms with E-state index in [1.54, 1.807) is 18.2 Å². The summed E-state index contributed by atoms with van der Waals surface area (Å²) in [5.41, 5.74) is 19.3. The Kier molecular flexibility index (Phi) is 18.1. The minimum Gasteiger partial charge on any atom is -0.343 e. The van der Waals surface area contributed by atoms with Crippen molar-refractivity contribution in [3.05, 3.63) is 72.6 Å². The van der Waals surface area contributed by atoms with Crippen LogP contribution in [0.2, 0.25) is 0 Å². The van der Waals surface area contributed by atoms with E-state index in [4.69, 9.17) is 17.2 Å². The lowest BCUT2D eigenvalue weighted by molar-refractivity contribution is -0.128. The summed E-state index contributed by atoms with van der Waals surface area (Å²) in [6, 6.07) is 9.51. The summed E-state index contributed by atoms with van der Waals surface area (Å²) in [7, 11) is 2.07. The third kappa shape index (κ3) is 14.5. The molecule has 2 unspecified atom stereocenters. The monoisotopic (exact) mass is 566 g/mol. The highest BCUT2D eigenvalue weighted by molar-refractivity contribution is 5.98. The van der Waals surface area contributed by atoms with E-state index in [-0.39, 0.29) is 6.42 Å². The number of aryl methyl sites for hydroxylation is 1. The van der Waals surface area contributed by atoms with Crippen molar-refractivity contribution >= 4 is 35.9 Å². The Morgan fingerprint density at radius 1 is 1.05 bits per heavy atom. The number of hydrogen-bond donors (Lipinski definition) is 6. The Labute approximate surface area is 243 Å². The summed E-state index contributed by atoms with van der Waals surface area (Å²) >= 11 is 0. The van der Waals surface area contributed by atoms with Gasteiger partial charge in [-0.2, -0.15) is 0 Å². The van der Waals surface area contributed by atoms with Gasteiger partial charge in [-0.05, 0) is 37.6 Å². The normalized spacial score (nSPS) is 11.9. The number of carbonyl (C=O) groups excluding carboxylic acids is 3. The van der Waals surface area contributed by atoms with E-state index in [0.29, 0.717) is 37.1 Å². The van der Waals surface area contributed by atoms with Crippen LogP contribution in [0.1, 0.15) is 29.7 Å². The molecule has 0 fully saturated rings. The molecule has 11 heteroatoms. The number of nitrogens with two attached hydrogens (primary N) is 3. The van der Waals surface area contributed by atoms with Crippen LogP contribution in [0.3, 0.4) is 0 Å². The highest BCUT2D eigenvalue weighted by atomic mass is 16.2. The molecule has 2 rings (SSSR count). The van der Waals surface area contributed by atoms with Crippen molar-refractivity contribution in [1.29, 1.82) is 0 Å². The van der Waals surface area contributed by atoms with Crippen LogP contribution < -0.4 is 33.2 Å². The van der Waals surface area contributed by atoms with E-state index in [2.05, 4.69) is 46.0 Å². The lowest BCUT2D eigenvalue weighted by atomic mass is 10.0. The first-order valence-electron chi connectivity index (χ1n) is 13.7. The minimum atomic E-state index is -1.00. The van der Waals surface area contributed by atoms with E-state index in [1.807, 2.05) is 30.3 Å². The van der Waals surface area contributed by atoms with Crippen LogP contribution in [0.15, 0.2) is 55.8 Å². The van der Waals surface area contributed by atoms with Crippen LogP contribution in [0.4, 0.5) is 5.69 Å². The Bertz CT molecular complexity index is 1080. The number of rotatable bonds is 18. The van der Waals surface area contributed by atoms with Gasteiger partial charge in [0.25, 0.3) is 0 Å². The number of nitrogens with one attached hydrogen (secondary N) is 3. The molecular formula is C30H46N8O3. The van der Waals surface area contributed by atoms with Crippen LogP contribution in [0.5, 0.6) is 0 Å². The average Bonchev–Trinajstić information content (AvgIpc) is 2.98. The Morgan fingerprint density at radius 2 is 1.78 bits per heavy atom. The fourth-order valence-corrected chi connectivity index (χ4v) is 3.67. The van der Waals surface area contributed by atoms with Gasteiger partial charge in [0.05, 0.1) is 23.6 Å². The molecule has 1 heterocycles. The molecule has 0 saturated heterocycles. The smallest absolute Gasteiger partial charge is 0.247 e. The van der Waals surface area contributed by atoms with Gasteiger partial charge >= 0.3 is 0 Å². The molecule has 2 aromatic rings. The van der Waals surface area contributed by atoms with Gasteiger partial charge in [0, 0.05) is 51.3 Å². The van der Waals surface area contributed by atoms with Gasteiger partial charge in [0.2, 0.25) is 11.8 Å². The molecule has 2 atom stereocenters. The van der Waals surface area contributed by atoms with Gasteiger partial charge in [0.15, 0.2) is 0 Å². The van der Waals surface area contributed by atoms with Gasteiger partial charge < -0.3 is 42.8 Å². The van der Waals surface area contributed by atoms with E-state index in [0.717, 1.165) is 43.9 Å².